The van der Waals surface area contributed by atoms with E-state index in [4.69, 9.17) is 4.52 Å². The van der Waals surface area contributed by atoms with Gasteiger partial charge in [0.05, 0.1) is 6.04 Å². The Morgan fingerprint density at radius 3 is 2.73 bits per heavy atom. The SMILES string of the molecule is CN(C)c1ccc(-c2noc(C3CCCN3Cc3ccccc3)n2)cn1. The van der Waals surface area contributed by atoms with Gasteiger partial charge in [-0.3, -0.25) is 4.90 Å². The normalized spacial score (nSPS) is 17.5. The third-order valence-electron chi connectivity index (χ3n) is 4.78. The molecule has 0 N–H and O–H groups in total. The molecule has 1 aromatic carbocycles. The highest BCUT2D eigenvalue weighted by atomic mass is 16.5. The first-order chi connectivity index (χ1) is 12.7. The second kappa shape index (κ2) is 7.25. The summed E-state index contributed by atoms with van der Waals surface area (Å²) in [6.45, 7) is 1.96. The molecule has 0 saturated carbocycles. The van der Waals surface area contributed by atoms with Crippen molar-refractivity contribution in [2.75, 3.05) is 25.5 Å². The molecule has 1 saturated heterocycles. The summed E-state index contributed by atoms with van der Waals surface area (Å²) in [5.41, 5.74) is 2.18. The molecule has 3 aromatic rings. The fourth-order valence-electron chi connectivity index (χ4n) is 3.38. The fraction of sp³-hybridized carbons (Fsp3) is 0.350. The van der Waals surface area contributed by atoms with Gasteiger partial charge < -0.3 is 9.42 Å². The number of nitrogens with zero attached hydrogens (tertiary/aromatic N) is 5. The van der Waals surface area contributed by atoms with E-state index in [9.17, 15) is 0 Å². The molecule has 1 unspecified atom stereocenters. The van der Waals surface area contributed by atoms with Crippen molar-refractivity contribution in [1.29, 1.82) is 0 Å². The first kappa shape index (κ1) is 16.7. The van der Waals surface area contributed by atoms with Crippen LogP contribution in [-0.4, -0.2) is 40.7 Å². The number of aromatic nitrogens is 3. The van der Waals surface area contributed by atoms with Crippen LogP contribution >= 0.6 is 0 Å². The number of likely N-dealkylation sites (tertiary alicyclic amines) is 1. The first-order valence-corrected chi connectivity index (χ1v) is 8.96. The molecule has 1 atom stereocenters. The summed E-state index contributed by atoms with van der Waals surface area (Å²) >= 11 is 0. The highest BCUT2D eigenvalue weighted by Crippen LogP contribution is 2.33. The summed E-state index contributed by atoms with van der Waals surface area (Å²) in [5.74, 6) is 2.21. The molecule has 1 aliphatic heterocycles. The maximum atomic E-state index is 5.61. The van der Waals surface area contributed by atoms with E-state index in [2.05, 4.69) is 44.3 Å². The zero-order valence-electron chi connectivity index (χ0n) is 15.2. The molecule has 0 bridgehead atoms. The minimum atomic E-state index is 0.186. The molecule has 6 heteroatoms. The van der Waals surface area contributed by atoms with Crippen molar-refractivity contribution >= 4 is 5.82 Å². The summed E-state index contributed by atoms with van der Waals surface area (Å²) in [4.78, 5) is 13.5. The van der Waals surface area contributed by atoms with Crippen molar-refractivity contribution in [2.24, 2.45) is 0 Å². The van der Waals surface area contributed by atoms with E-state index in [-0.39, 0.29) is 6.04 Å². The van der Waals surface area contributed by atoms with Crippen molar-refractivity contribution in [1.82, 2.24) is 20.0 Å². The van der Waals surface area contributed by atoms with Gasteiger partial charge in [0.2, 0.25) is 11.7 Å². The van der Waals surface area contributed by atoms with Gasteiger partial charge in [0.15, 0.2) is 0 Å². The van der Waals surface area contributed by atoms with Crippen LogP contribution < -0.4 is 4.90 Å². The number of anilines is 1. The van der Waals surface area contributed by atoms with Gasteiger partial charge in [-0.25, -0.2) is 4.98 Å². The van der Waals surface area contributed by atoms with Crippen LogP contribution in [-0.2, 0) is 6.54 Å². The fourth-order valence-corrected chi connectivity index (χ4v) is 3.38. The van der Waals surface area contributed by atoms with Crippen molar-refractivity contribution in [2.45, 2.75) is 25.4 Å². The highest BCUT2D eigenvalue weighted by molar-refractivity contribution is 5.55. The zero-order chi connectivity index (χ0) is 17.9. The van der Waals surface area contributed by atoms with E-state index in [0.29, 0.717) is 11.7 Å². The molecule has 0 radical (unpaired) electrons. The summed E-state index contributed by atoms with van der Waals surface area (Å²) in [6, 6.07) is 14.6. The molecular formula is C20H23N5O. The predicted octanol–water partition coefficient (Wildman–Crippen LogP) is 3.53. The van der Waals surface area contributed by atoms with Gasteiger partial charge in [-0.15, -0.1) is 0 Å². The summed E-state index contributed by atoms with van der Waals surface area (Å²) in [6.07, 6.45) is 3.99. The van der Waals surface area contributed by atoms with Crippen molar-refractivity contribution in [3.8, 4) is 11.4 Å². The maximum Gasteiger partial charge on any atom is 0.244 e. The number of benzene rings is 1. The molecule has 134 valence electrons. The van der Waals surface area contributed by atoms with Crippen LogP contribution in [0.1, 0.15) is 30.3 Å². The molecule has 1 aliphatic rings. The smallest absolute Gasteiger partial charge is 0.244 e. The average Bonchev–Trinajstić information content (AvgIpc) is 3.32. The maximum absolute atomic E-state index is 5.61. The lowest BCUT2D eigenvalue weighted by atomic mass is 10.2. The molecule has 2 aromatic heterocycles. The lowest BCUT2D eigenvalue weighted by Gasteiger charge is -2.21. The molecule has 3 heterocycles. The molecule has 26 heavy (non-hydrogen) atoms. The Hall–Kier alpha value is -2.73. The van der Waals surface area contributed by atoms with Crippen LogP contribution in [0.5, 0.6) is 0 Å². The second-order valence-electron chi connectivity index (χ2n) is 6.87. The van der Waals surface area contributed by atoms with E-state index in [0.717, 1.165) is 37.3 Å². The minimum Gasteiger partial charge on any atom is -0.363 e. The van der Waals surface area contributed by atoms with Gasteiger partial charge >= 0.3 is 0 Å². The van der Waals surface area contributed by atoms with Crippen LogP contribution in [0.4, 0.5) is 5.82 Å². The lowest BCUT2D eigenvalue weighted by molar-refractivity contribution is 0.201. The Balaban J connectivity index is 1.51. The number of pyridine rings is 1. The van der Waals surface area contributed by atoms with Gasteiger partial charge in [0, 0.05) is 32.4 Å². The average molecular weight is 349 g/mol. The van der Waals surface area contributed by atoms with E-state index in [1.54, 1.807) is 6.20 Å². The van der Waals surface area contributed by atoms with Gasteiger partial charge in [-0.1, -0.05) is 35.5 Å². The van der Waals surface area contributed by atoms with Crippen molar-refractivity contribution < 1.29 is 4.52 Å². The molecule has 6 nitrogen and oxygen atoms in total. The number of rotatable bonds is 5. The zero-order valence-corrected chi connectivity index (χ0v) is 15.2. The third-order valence-corrected chi connectivity index (χ3v) is 4.78. The second-order valence-corrected chi connectivity index (χ2v) is 6.87. The monoisotopic (exact) mass is 349 g/mol. The van der Waals surface area contributed by atoms with E-state index in [1.165, 1.54) is 5.56 Å². The molecule has 0 amide bonds. The topological polar surface area (TPSA) is 58.3 Å². The Kier molecular flexibility index (Phi) is 4.67. The first-order valence-electron chi connectivity index (χ1n) is 8.96. The van der Waals surface area contributed by atoms with Crippen LogP contribution in [0.2, 0.25) is 0 Å². The third kappa shape index (κ3) is 3.46. The van der Waals surface area contributed by atoms with Crippen LogP contribution in [0, 0.1) is 0 Å². The van der Waals surface area contributed by atoms with Crippen molar-refractivity contribution in [3.63, 3.8) is 0 Å². The minimum absolute atomic E-state index is 0.186. The van der Waals surface area contributed by atoms with Crippen LogP contribution in [0.15, 0.2) is 53.2 Å². The number of hydrogen-bond donors (Lipinski definition) is 0. The van der Waals surface area contributed by atoms with Gasteiger partial charge in [-0.05, 0) is 37.1 Å². The van der Waals surface area contributed by atoms with E-state index < -0.39 is 0 Å². The Bertz CT molecular complexity index is 844. The Labute approximate surface area is 153 Å². The summed E-state index contributed by atoms with van der Waals surface area (Å²) < 4.78 is 5.61. The molecule has 0 spiro atoms. The lowest BCUT2D eigenvalue weighted by Crippen LogP contribution is -2.22. The van der Waals surface area contributed by atoms with E-state index in [1.807, 2.05) is 37.2 Å². The van der Waals surface area contributed by atoms with Crippen LogP contribution in [0.25, 0.3) is 11.4 Å². The van der Waals surface area contributed by atoms with Gasteiger partial charge in [0.25, 0.3) is 0 Å². The molecule has 1 fully saturated rings. The quantitative estimate of drug-likeness (QED) is 0.702. The van der Waals surface area contributed by atoms with Crippen LogP contribution in [0.3, 0.4) is 0 Å². The molecule has 4 rings (SSSR count). The standard InChI is InChI=1S/C20H23N5O/c1-24(2)18-11-10-16(13-21-18)19-22-20(26-23-19)17-9-6-12-25(17)14-15-7-4-3-5-8-15/h3-5,7-8,10-11,13,17H,6,9,12,14H2,1-2H3. The predicted molar refractivity (Wildman–Crippen MR) is 101 cm³/mol. The van der Waals surface area contributed by atoms with E-state index >= 15 is 0 Å². The molecular weight excluding hydrogens is 326 g/mol. The summed E-state index contributed by atoms with van der Waals surface area (Å²) in [7, 11) is 3.94. The van der Waals surface area contributed by atoms with Gasteiger partial charge in [-0.2, -0.15) is 4.98 Å². The van der Waals surface area contributed by atoms with Crippen molar-refractivity contribution in [3.05, 3.63) is 60.1 Å². The summed E-state index contributed by atoms with van der Waals surface area (Å²) in [5, 5.41) is 4.18. The largest absolute Gasteiger partial charge is 0.363 e. The number of hydrogen-bond acceptors (Lipinski definition) is 6. The molecule has 0 aliphatic carbocycles. The Morgan fingerprint density at radius 2 is 2.00 bits per heavy atom. The Morgan fingerprint density at radius 1 is 1.15 bits per heavy atom. The van der Waals surface area contributed by atoms with Gasteiger partial charge in [0.1, 0.15) is 5.82 Å². The highest BCUT2D eigenvalue weighted by Gasteiger charge is 2.30.